The Morgan fingerprint density at radius 2 is 1.92 bits per heavy atom. The largest absolute Gasteiger partial charge is 0.488 e. The number of aromatic nitrogens is 3. The average Bonchev–Trinajstić information content (AvgIpc) is 3.04. The molecule has 0 fully saturated rings. The number of carbonyl (C=O) groups excluding carboxylic acids is 1. The predicted molar refractivity (Wildman–Crippen MR) is 91.1 cm³/mol. The van der Waals surface area contributed by atoms with Gasteiger partial charge in [-0.2, -0.15) is 5.10 Å². The van der Waals surface area contributed by atoms with E-state index in [1.54, 1.807) is 24.3 Å². The van der Waals surface area contributed by atoms with Gasteiger partial charge in [-0.25, -0.2) is 9.67 Å². The number of rotatable bonds is 7. The van der Waals surface area contributed by atoms with Gasteiger partial charge in [0.2, 0.25) is 5.78 Å². The molecule has 0 aliphatic heterocycles. The summed E-state index contributed by atoms with van der Waals surface area (Å²) in [6.07, 6.45) is 1.93. The number of carbonyl (C=O) groups is 1. The van der Waals surface area contributed by atoms with Crippen molar-refractivity contribution in [2.45, 2.75) is 27.0 Å². The van der Waals surface area contributed by atoms with E-state index in [1.165, 1.54) is 17.3 Å². The summed E-state index contributed by atoms with van der Waals surface area (Å²) in [6.45, 7) is 9.28. The van der Waals surface area contributed by atoms with Crippen LogP contribution in [0.4, 0.5) is 0 Å². The van der Waals surface area contributed by atoms with Crippen molar-refractivity contribution in [3.8, 4) is 11.5 Å². The molecule has 0 aliphatic rings. The minimum absolute atomic E-state index is 0.105. The Labute approximate surface area is 146 Å². The number of ether oxygens (including phenoxy) is 2. The predicted octanol–water partition coefficient (Wildman–Crippen LogP) is 3.60. The van der Waals surface area contributed by atoms with E-state index >= 15 is 0 Å². The first kappa shape index (κ1) is 18.0. The Balaban J connectivity index is 2.15. The van der Waals surface area contributed by atoms with E-state index in [9.17, 15) is 4.79 Å². The van der Waals surface area contributed by atoms with Crippen LogP contribution in [0.15, 0.2) is 48.5 Å². The zero-order valence-corrected chi connectivity index (χ0v) is 14.7. The molecular formula is C17H20ClN3O3. The van der Waals surface area contributed by atoms with Gasteiger partial charge in [0.25, 0.3) is 6.23 Å². The summed E-state index contributed by atoms with van der Waals surface area (Å²) in [5.74, 6) is 1.04. The molecule has 0 radical (unpaired) electrons. The summed E-state index contributed by atoms with van der Waals surface area (Å²) in [5, 5.41) is 4.44. The third-order valence-electron chi connectivity index (χ3n) is 3.11. The van der Waals surface area contributed by atoms with Crippen molar-refractivity contribution < 1.29 is 14.3 Å². The summed E-state index contributed by atoms with van der Waals surface area (Å²) in [6, 6.07) is 6.89. The van der Waals surface area contributed by atoms with Crippen LogP contribution < -0.4 is 9.47 Å². The molecule has 1 aromatic heterocycles. The van der Waals surface area contributed by atoms with Crippen LogP contribution in [-0.4, -0.2) is 27.2 Å². The van der Waals surface area contributed by atoms with Gasteiger partial charge in [-0.15, -0.1) is 0 Å². The van der Waals surface area contributed by atoms with Gasteiger partial charge >= 0.3 is 0 Å². The summed E-state index contributed by atoms with van der Waals surface area (Å²) < 4.78 is 12.7. The van der Waals surface area contributed by atoms with Gasteiger partial charge in [-0.05, 0) is 24.3 Å². The number of hydrogen-bond donors (Lipinski definition) is 0. The van der Waals surface area contributed by atoms with E-state index < -0.39 is 11.6 Å². The van der Waals surface area contributed by atoms with Crippen LogP contribution in [0.25, 0.3) is 0 Å². The molecule has 24 heavy (non-hydrogen) atoms. The molecule has 0 bridgehead atoms. The number of halogens is 1. The zero-order chi connectivity index (χ0) is 17.7. The molecule has 0 N–H and O–H groups in total. The van der Waals surface area contributed by atoms with Crippen LogP contribution in [0.2, 0.25) is 0 Å². The second-order valence-electron chi connectivity index (χ2n) is 6.24. The standard InChI is InChI=1S/C17H20ClN3O3/c1-12(18)9-23-13-5-7-14(8-6-13)24-16(15(22)17(2,3)4)21-11-19-10-20-21/h5-8,10-11,16H,1,9H2,2-4H3. The second kappa shape index (κ2) is 7.49. The van der Waals surface area contributed by atoms with E-state index in [-0.39, 0.29) is 12.4 Å². The van der Waals surface area contributed by atoms with E-state index in [4.69, 9.17) is 21.1 Å². The third kappa shape index (κ3) is 4.83. The number of hydrogen-bond acceptors (Lipinski definition) is 5. The Morgan fingerprint density at radius 3 is 2.42 bits per heavy atom. The van der Waals surface area contributed by atoms with E-state index in [1.807, 2.05) is 20.8 Å². The normalized spacial score (nSPS) is 12.5. The minimum Gasteiger partial charge on any atom is -0.488 e. The maximum atomic E-state index is 12.6. The van der Waals surface area contributed by atoms with Gasteiger partial charge in [0.1, 0.15) is 30.8 Å². The molecule has 0 aliphatic carbocycles. The maximum absolute atomic E-state index is 12.6. The fourth-order valence-corrected chi connectivity index (χ4v) is 1.90. The second-order valence-corrected chi connectivity index (χ2v) is 6.77. The van der Waals surface area contributed by atoms with Gasteiger partial charge in [-0.1, -0.05) is 39.0 Å². The van der Waals surface area contributed by atoms with Gasteiger partial charge in [0.15, 0.2) is 0 Å². The highest BCUT2D eigenvalue weighted by molar-refractivity contribution is 6.29. The van der Waals surface area contributed by atoms with Crippen molar-refractivity contribution in [3.05, 3.63) is 48.5 Å². The Bertz CT molecular complexity index is 691. The fraction of sp³-hybridized carbons (Fsp3) is 0.353. The van der Waals surface area contributed by atoms with E-state index in [0.29, 0.717) is 16.5 Å². The summed E-state index contributed by atoms with van der Waals surface area (Å²) in [7, 11) is 0. The van der Waals surface area contributed by atoms with E-state index in [0.717, 1.165) is 0 Å². The van der Waals surface area contributed by atoms with E-state index in [2.05, 4.69) is 16.7 Å². The van der Waals surface area contributed by atoms with Crippen LogP contribution in [-0.2, 0) is 4.79 Å². The van der Waals surface area contributed by atoms with Gasteiger partial charge in [0, 0.05) is 10.4 Å². The maximum Gasteiger partial charge on any atom is 0.252 e. The lowest BCUT2D eigenvalue weighted by atomic mass is 9.90. The fourth-order valence-electron chi connectivity index (χ4n) is 1.84. The number of ketones is 1. The molecule has 1 atom stereocenters. The first-order chi connectivity index (χ1) is 11.3. The van der Waals surface area contributed by atoms with Crippen molar-refractivity contribution in [2.24, 2.45) is 5.41 Å². The Kier molecular flexibility index (Phi) is 5.62. The highest BCUT2D eigenvalue weighted by atomic mass is 35.5. The van der Waals surface area contributed by atoms with Gasteiger partial charge < -0.3 is 9.47 Å². The quantitative estimate of drug-likeness (QED) is 0.764. The first-order valence-electron chi connectivity index (χ1n) is 7.38. The molecular weight excluding hydrogens is 330 g/mol. The lowest BCUT2D eigenvalue weighted by Crippen LogP contribution is -2.34. The third-order valence-corrected chi connectivity index (χ3v) is 3.22. The molecule has 6 nitrogen and oxygen atoms in total. The van der Waals surface area contributed by atoms with Crippen LogP contribution in [0, 0.1) is 5.41 Å². The van der Waals surface area contributed by atoms with Crippen molar-refractivity contribution in [3.63, 3.8) is 0 Å². The van der Waals surface area contributed by atoms with Crippen LogP contribution in [0.3, 0.4) is 0 Å². The van der Waals surface area contributed by atoms with Crippen LogP contribution in [0.5, 0.6) is 11.5 Å². The molecule has 0 amide bonds. The lowest BCUT2D eigenvalue weighted by molar-refractivity contribution is -0.138. The Morgan fingerprint density at radius 1 is 1.29 bits per heavy atom. The van der Waals surface area contributed by atoms with Crippen molar-refractivity contribution in [2.75, 3.05) is 6.61 Å². The SMILES string of the molecule is C=C(Cl)COc1ccc(OC(C(=O)C(C)(C)C)n2cncn2)cc1. The van der Waals surface area contributed by atoms with Crippen molar-refractivity contribution in [1.29, 1.82) is 0 Å². The van der Waals surface area contributed by atoms with Crippen molar-refractivity contribution in [1.82, 2.24) is 14.8 Å². The van der Waals surface area contributed by atoms with Gasteiger partial charge in [0.05, 0.1) is 0 Å². The number of nitrogens with zero attached hydrogens (tertiary/aromatic N) is 3. The highest BCUT2D eigenvalue weighted by Crippen LogP contribution is 2.27. The highest BCUT2D eigenvalue weighted by Gasteiger charge is 2.33. The monoisotopic (exact) mass is 349 g/mol. The number of Topliss-reactive ketones (excluding diaryl/α,β-unsaturated/α-hetero) is 1. The molecule has 128 valence electrons. The lowest BCUT2D eigenvalue weighted by Gasteiger charge is -2.25. The van der Waals surface area contributed by atoms with Gasteiger partial charge in [-0.3, -0.25) is 4.79 Å². The summed E-state index contributed by atoms with van der Waals surface area (Å²) in [4.78, 5) is 16.5. The summed E-state index contributed by atoms with van der Waals surface area (Å²) in [5.41, 5.74) is -0.583. The van der Waals surface area contributed by atoms with Crippen LogP contribution >= 0.6 is 11.6 Å². The topological polar surface area (TPSA) is 66.2 Å². The molecule has 2 rings (SSSR count). The molecule has 0 saturated carbocycles. The number of benzene rings is 1. The zero-order valence-electron chi connectivity index (χ0n) is 13.9. The minimum atomic E-state index is -0.887. The molecule has 0 spiro atoms. The molecule has 0 saturated heterocycles. The van der Waals surface area contributed by atoms with Crippen LogP contribution in [0.1, 0.15) is 27.0 Å². The average molecular weight is 350 g/mol. The Hall–Kier alpha value is -2.34. The smallest absolute Gasteiger partial charge is 0.252 e. The first-order valence-corrected chi connectivity index (χ1v) is 7.76. The van der Waals surface area contributed by atoms with Crippen molar-refractivity contribution >= 4 is 17.4 Å². The molecule has 1 heterocycles. The molecule has 1 unspecified atom stereocenters. The molecule has 7 heteroatoms. The molecule has 2 aromatic rings. The summed E-state index contributed by atoms with van der Waals surface area (Å²) >= 11 is 5.67. The molecule has 1 aromatic carbocycles.